The van der Waals surface area contributed by atoms with E-state index in [1.807, 2.05) is 4.90 Å². The lowest BCUT2D eigenvalue weighted by molar-refractivity contribution is -0.142. The molecule has 1 unspecified atom stereocenters. The topological polar surface area (TPSA) is 86.3 Å². The van der Waals surface area contributed by atoms with Crippen molar-refractivity contribution < 1.29 is 14.3 Å². The standard InChI is InChI=1S/C17H29N5O3.HI/c1-18-17(20-7-6-19-15(23)13-4-5-13)22-10-8-21(9-11-22)16(24)14-3-2-12-25-14;/h13-14H,2-12H2,1H3,(H,18,20)(H,19,23);1H. The third-order valence-electron chi connectivity index (χ3n) is 4.96. The highest BCUT2D eigenvalue weighted by Gasteiger charge is 2.31. The van der Waals surface area contributed by atoms with Crippen molar-refractivity contribution in [3.8, 4) is 0 Å². The van der Waals surface area contributed by atoms with Gasteiger partial charge in [0, 0.05) is 58.8 Å². The van der Waals surface area contributed by atoms with Crippen LogP contribution >= 0.6 is 24.0 Å². The Morgan fingerprint density at radius 2 is 1.69 bits per heavy atom. The molecule has 0 aromatic carbocycles. The Bertz CT molecular complexity index is 513. The number of amides is 2. The zero-order chi connectivity index (χ0) is 17.6. The van der Waals surface area contributed by atoms with Crippen LogP contribution < -0.4 is 10.6 Å². The van der Waals surface area contributed by atoms with Crippen LogP contribution in [0, 0.1) is 5.92 Å². The van der Waals surface area contributed by atoms with Crippen molar-refractivity contribution in [1.29, 1.82) is 0 Å². The monoisotopic (exact) mass is 479 g/mol. The van der Waals surface area contributed by atoms with Gasteiger partial charge in [0.1, 0.15) is 6.10 Å². The quantitative estimate of drug-likeness (QED) is 0.252. The maximum absolute atomic E-state index is 12.4. The molecule has 2 heterocycles. The summed E-state index contributed by atoms with van der Waals surface area (Å²) in [5, 5.41) is 6.22. The molecule has 9 heteroatoms. The van der Waals surface area contributed by atoms with Crippen LogP contribution in [0.1, 0.15) is 25.7 Å². The number of hydrogen-bond acceptors (Lipinski definition) is 4. The molecule has 1 aliphatic carbocycles. The summed E-state index contributed by atoms with van der Waals surface area (Å²) in [6, 6.07) is 0. The molecule has 2 saturated heterocycles. The van der Waals surface area contributed by atoms with Gasteiger partial charge in [-0.3, -0.25) is 14.6 Å². The number of piperazine rings is 1. The SMILES string of the molecule is CN=C(NCCNC(=O)C1CC1)N1CCN(C(=O)C2CCCO2)CC1.I. The molecule has 0 aromatic rings. The number of nitrogens with one attached hydrogen (secondary N) is 2. The summed E-state index contributed by atoms with van der Waals surface area (Å²) in [6.07, 6.45) is 3.63. The van der Waals surface area contributed by atoms with Gasteiger partial charge in [-0.2, -0.15) is 0 Å². The van der Waals surface area contributed by atoms with Gasteiger partial charge >= 0.3 is 0 Å². The second-order valence-corrected chi connectivity index (χ2v) is 6.85. The smallest absolute Gasteiger partial charge is 0.251 e. The molecule has 0 aromatic heterocycles. The van der Waals surface area contributed by atoms with Gasteiger partial charge < -0.3 is 25.2 Å². The van der Waals surface area contributed by atoms with Crippen LogP contribution in [0.15, 0.2) is 4.99 Å². The van der Waals surface area contributed by atoms with E-state index in [1.165, 1.54) is 0 Å². The Labute approximate surface area is 172 Å². The Hall–Kier alpha value is -1.10. The van der Waals surface area contributed by atoms with Crippen molar-refractivity contribution in [3.05, 3.63) is 0 Å². The van der Waals surface area contributed by atoms with Gasteiger partial charge in [-0.05, 0) is 25.7 Å². The number of nitrogens with zero attached hydrogens (tertiary/aromatic N) is 3. The number of rotatable bonds is 5. The average molecular weight is 479 g/mol. The lowest BCUT2D eigenvalue weighted by Crippen LogP contribution is -2.55. The Morgan fingerprint density at radius 3 is 2.27 bits per heavy atom. The van der Waals surface area contributed by atoms with Crippen molar-refractivity contribution in [2.24, 2.45) is 10.9 Å². The Morgan fingerprint density at radius 1 is 1.04 bits per heavy atom. The van der Waals surface area contributed by atoms with Crippen LogP contribution in [-0.2, 0) is 14.3 Å². The third-order valence-corrected chi connectivity index (χ3v) is 4.96. The van der Waals surface area contributed by atoms with E-state index in [2.05, 4.69) is 20.5 Å². The maximum Gasteiger partial charge on any atom is 0.251 e. The molecule has 1 atom stereocenters. The van der Waals surface area contributed by atoms with Gasteiger partial charge in [0.2, 0.25) is 5.91 Å². The van der Waals surface area contributed by atoms with Crippen molar-refractivity contribution in [1.82, 2.24) is 20.4 Å². The first-order valence-corrected chi connectivity index (χ1v) is 9.32. The van der Waals surface area contributed by atoms with Crippen molar-refractivity contribution in [2.45, 2.75) is 31.8 Å². The van der Waals surface area contributed by atoms with Crippen LogP contribution in [0.25, 0.3) is 0 Å². The summed E-state index contributed by atoms with van der Waals surface area (Å²) in [4.78, 5) is 32.3. The first-order chi connectivity index (χ1) is 12.2. The molecule has 8 nitrogen and oxygen atoms in total. The summed E-state index contributed by atoms with van der Waals surface area (Å²) < 4.78 is 5.49. The molecular weight excluding hydrogens is 449 g/mol. The number of guanidine groups is 1. The molecule has 26 heavy (non-hydrogen) atoms. The normalized spacial score (nSPS) is 23.4. The van der Waals surface area contributed by atoms with E-state index in [4.69, 9.17) is 4.74 Å². The summed E-state index contributed by atoms with van der Waals surface area (Å²) >= 11 is 0. The van der Waals surface area contributed by atoms with Gasteiger partial charge in [0.15, 0.2) is 5.96 Å². The van der Waals surface area contributed by atoms with E-state index in [-0.39, 0.29) is 47.8 Å². The lowest BCUT2D eigenvalue weighted by Gasteiger charge is -2.37. The number of carbonyl (C=O) groups excluding carboxylic acids is 2. The highest BCUT2D eigenvalue weighted by atomic mass is 127. The van der Waals surface area contributed by atoms with Gasteiger partial charge in [-0.25, -0.2) is 0 Å². The van der Waals surface area contributed by atoms with Crippen molar-refractivity contribution in [2.75, 3.05) is 52.9 Å². The fraction of sp³-hybridized carbons (Fsp3) is 0.824. The summed E-state index contributed by atoms with van der Waals surface area (Å²) in [6.45, 7) is 4.85. The number of hydrogen-bond donors (Lipinski definition) is 2. The molecule has 0 bridgehead atoms. The number of carbonyl (C=O) groups is 2. The first kappa shape index (κ1) is 21.2. The van der Waals surface area contributed by atoms with E-state index in [1.54, 1.807) is 7.05 Å². The second kappa shape index (κ2) is 10.3. The zero-order valence-electron chi connectivity index (χ0n) is 15.4. The molecule has 3 fully saturated rings. The maximum atomic E-state index is 12.4. The van der Waals surface area contributed by atoms with E-state index >= 15 is 0 Å². The fourth-order valence-corrected chi connectivity index (χ4v) is 3.30. The molecule has 2 N–H and O–H groups in total. The Balaban J connectivity index is 0.00000243. The van der Waals surface area contributed by atoms with Crippen molar-refractivity contribution in [3.63, 3.8) is 0 Å². The minimum Gasteiger partial charge on any atom is -0.368 e. The van der Waals surface area contributed by atoms with Crippen LogP contribution in [0.5, 0.6) is 0 Å². The summed E-state index contributed by atoms with van der Waals surface area (Å²) in [5.41, 5.74) is 0. The van der Waals surface area contributed by atoms with Gasteiger partial charge in [0.25, 0.3) is 5.91 Å². The van der Waals surface area contributed by atoms with Crippen LogP contribution in [0.2, 0.25) is 0 Å². The van der Waals surface area contributed by atoms with Gasteiger partial charge in [-0.1, -0.05) is 0 Å². The second-order valence-electron chi connectivity index (χ2n) is 6.85. The zero-order valence-corrected chi connectivity index (χ0v) is 17.7. The highest BCUT2D eigenvalue weighted by Crippen LogP contribution is 2.28. The molecule has 148 valence electrons. The number of ether oxygens (including phenoxy) is 1. The molecule has 1 saturated carbocycles. The van der Waals surface area contributed by atoms with Crippen LogP contribution in [-0.4, -0.2) is 86.6 Å². The van der Waals surface area contributed by atoms with Gasteiger partial charge in [-0.15, -0.1) is 24.0 Å². The van der Waals surface area contributed by atoms with E-state index < -0.39 is 0 Å². The predicted octanol–water partition coefficient (Wildman–Crippen LogP) is 0.0292. The molecule has 2 amide bonds. The number of aliphatic imine (C=N–C) groups is 1. The first-order valence-electron chi connectivity index (χ1n) is 9.32. The molecular formula is C17H30IN5O3. The highest BCUT2D eigenvalue weighted by molar-refractivity contribution is 14.0. The lowest BCUT2D eigenvalue weighted by atomic mass is 10.2. The van der Waals surface area contributed by atoms with Crippen LogP contribution in [0.3, 0.4) is 0 Å². The summed E-state index contributed by atoms with van der Waals surface area (Å²) in [5.74, 6) is 1.36. The fourth-order valence-electron chi connectivity index (χ4n) is 3.30. The molecule has 3 rings (SSSR count). The van der Waals surface area contributed by atoms with E-state index in [9.17, 15) is 9.59 Å². The molecule has 3 aliphatic rings. The van der Waals surface area contributed by atoms with E-state index in [0.717, 1.165) is 44.7 Å². The van der Waals surface area contributed by atoms with Gasteiger partial charge in [0.05, 0.1) is 0 Å². The van der Waals surface area contributed by atoms with E-state index in [0.29, 0.717) is 32.8 Å². The molecule has 2 aliphatic heterocycles. The molecule has 0 spiro atoms. The minimum absolute atomic E-state index is 0. The molecule has 0 radical (unpaired) electrons. The minimum atomic E-state index is -0.237. The van der Waals surface area contributed by atoms with Crippen molar-refractivity contribution >= 4 is 41.8 Å². The largest absolute Gasteiger partial charge is 0.368 e. The van der Waals surface area contributed by atoms with Crippen LogP contribution in [0.4, 0.5) is 0 Å². The number of halogens is 1. The average Bonchev–Trinajstić information content (AvgIpc) is 3.36. The Kier molecular flexibility index (Phi) is 8.39. The third kappa shape index (κ3) is 5.70. The predicted molar refractivity (Wildman–Crippen MR) is 110 cm³/mol. The summed E-state index contributed by atoms with van der Waals surface area (Å²) in [7, 11) is 1.76.